The van der Waals surface area contributed by atoms with E-state index in [1.165, 1.54) is 5.56 Å². The summed E-state index contributed by atoms with van der Waals surface area (Å²) >= 11 is 0. The lowest BCUT2D eigenvalue weighted by Gasteiger charge is -2.24. The van der Waals surface area contributed by atoms with E-state index in [1.807, 2.05) is 31.1 Å². The smallest absolute Gasteiger partial charge is 0.136 e. The minimum Gasteiger partial charge on any atom is -0.352 e. The minimum absolute atomic E-state index is 0.743. The number of aromatic nitrogens is 4. The minimum atomic E-state index is 0.743. The quantitative estimate of drug-likeness (QED) is 0.868. The van der Waals surface area contributed by atoms with Crippen molar-refractivity contribution in [2.75, 3.05) is 18.5 Å². The fourth-order valence-corrected chi connectivity index (χ4v) is 2.42. The first-order valence-corrected chi connectivity index (χ1v) is 6.46. The highest BCUT2D eigenvalue weighted by Crippen LogP contribution is 2.22. The second kappa shape index (κ2) is 4.97. The zero-order valence-electron chi connectivity index (χ0n) is 11.3. The van der Waals surface area contributed by atoms with Crippen molar-refractivity contribution in [2.24, 2.45) is 7.05 Å². The molecule has 0 saturated heterocycles. The summed E-state index contributed by atoms with van der Waals surface area (Å²) in [5.41, 5.74) is 2.38. The van der Waals surface area contributed by atoms with Crippen LogP contribution in [-0.4, -0.2) is 33.1 Å². The molecule has 1 aliphatic heterocycles. The van der Waals surface area contributed by atoms with Gasteiger partial charge in [0.25, 0.3) is 0 Å². The van der Waals surface area contributed by atoms with E-state index >= 15 is 0 Å². The molecule has 0 bridgehead atoms. The highest BCUT2D eigenvalue weighted by Gasteiger charge is 2.18. The van der Waals surface area contributed by atoms with Crippen LogP contribution in [0.1, 0.15) is 17.1 Å². The highest BCUT2D eigenvalue weighted by molar-refractivity contribution is 5.48. The standard InChI is InChI=1S/C13H18N6/c1-18-6-5-15-12(18)8-19(2)13-10-7-14-4-3-11(10)16-9-17-13/h5-6,9,14H,3-4,7-8H2,1-2H3. The van der Waals surface area contributed by atoms with Crippen molar-refractivity contribution in [2.45, 2.75) is 19.5 Å². The number of aryl methyl sites for hydroxylation is 1. The van der Waals surface area contributed by atoms with E-state index in [4.69, 9.17) is 0 Å². The number of rotatable bonds is 3. The fourth-order valence-electron chi connectivity index (χ4n) is 2.42. The summed E-state index contributed by atoms with van der Waals surface area (Å²) in [5, 5.41) is 3.38. The van der Waals surface area contributed by atoms with Gasteiger partial charge >= 0.3 is 0 Å². The molecular weight excluding hydrogens is 240 g/mol. The summed E-state index contributed by atoms with van der Waals surface area (Å²) in [7, 11) is 4.05. The number of nitrogens with zero attached hydrogens (tertiary/aromatic N) is 5. The Balaban J connectivity index is 1.87. The van der Waals surface area contributed by atoms with Gasteiger partial charge in [-0.1, -0.05) is 0 Å². The van der Waals surface area contributed by atoms with Crippen molar-refractivity contribution in [1.29, 1.82) is 0 Å². The lowest BCUT2D eigenvalue weighted by molar-refractivity contribution is 0.621. The first-order valence-electron chi connectivity index (χ1n) is 6.46. The molecule has 0 amide bonds. The van der Waals surface area contributed by atoms with Crippen molar-refractivity contribution in [3.63, 3.8) is 0 Å². The molecule has 0 aliphatic carbocycles. The van der Waals surface area contributed by atoms with E-state index in [0.29, 0.717) is 0 Å². The molecule has 0 spiro atoms. The summed E-state index contributed by atoms with van der Waals surface area (Å²) in [5.74, 6) is 2.03. The first kappa shape index (κ1) is 12.1. The number of hydrogen-bond acceptors (Lipinski definition) is 5. The van der Waals surface area contributed by atoms with E-state index in [0.717, 1.165) is 43.4 Å². The van der Waals surface area contributed by atoms with Gasteiger partial charge in [-0.05, 0) is 0 Å². The Bertz CT molecular complexity index is 576. The van der Waals surface area contributed by atoms with Gasteiger partial charge < -0.3 is 14.8 Å². The van der Waals surface area contributed by atoms with E-state index < -0.39 is 0 Å². The van der Waals surface area contributed by atoms with Crippen LogP contribution in [0, 0.1) is 0 Å². The van der Waals surface area contributed by atoms with Crippen molar-refractivity contribution in [1.82, 2.24) is 24.8 Å². The zero-order valence-corrected chi connectivity index (χ0v) is 11.3. The number of hydrogen-bond donors (Lipinski definition) is 1. The molecule has 3 heterocycles. The molecule has 6 heteroatoms. The molecule has 19 heavy (non-hydrogen) atoms. The Morgan fingerprint density at radius 1 is 1.37 bits per heavy atom. The van der Waals surface area contributed by atoms with Crippen LogP contribution in [0.4, 0.5) is 5.82 Å². The largest absolute Gasteiger partial charge is 0.352 e. The Morgan fingerprint density at radius 2 is 2.26 bits per heavy atom. The van der Waals surface area contributed by atoms with Gasteiger partial charge in [-0.15, -0.1) is 0 Å². The van der Waals surface area contributed by atoms with Gasteiger partial charge in [-0.25, -0.2) is 15.0 Å². The average molecular weight is 258 g/mol. The maximum Gasteiger partial charge on any atom is 0.136 e. The monoisotopic (exact) mass is 258 g/mol. The second-order valence-corrected chi connectivity index (χ2v) is 4.86. The molecule has 2 aromatic rings. The normalized spacial score (nSPS) is 14.2. The fraction of sp³-hybridized carbons (Fsp3) is 0.462. The molecule has 3 rings (SSSR count). The van der Waals surface area contributed by atoms with Crippen LogP contribution in [0.5, 0.6) is 0 Å². The third kappa shape index (κ3) is 2.31. The van der Waals surface area contributed by atoms with Gasteiger partial charge in [0.2, 0.25) is 0 Å². The summed E-state index contributed by atoms with van der Waals surface area (Å²) < 4.78 is 2.03. The van der Waals surface area contributed by atoms with Gasteiger partial charge in [-0.3, -0.25) is 0 Å². The predicted molar refractivity (Wildman–Crippen MR) is 72.8 cm³/mol. The van der Waals surface area contributed by atoms with E-state index in [2.05, 4.69) is 25.2 Å². The van der Waals surface area contributed by atoms with E-state index in [9.17, 15) is 0 Å². The van der Waals surface area contributed by atoms with Crippen molar-refractivity contribution in [3.05, 3.63) is 35.8 Å². The van der Waals surface area contributed by atoms with Crippen LogP contribution >= 0.6 is 0 Å². The molecule has 100 valence electrons. The number of imidazole rings is 1. The van der Waals surface area contributed by atoms with E-state index in [-0.39, 0.29) is 0 Å². The number of fused-ring (bicyclic) bond motifs is 1. The lowest BCUT2D eigenvalue weighted by atomic mass is 10.1. The summed E-state index contributed by atoms with van der Waals surface area (Å²) in [6, 6.07) is 0. The topological polar surface area (TPSA) is 58.9 Å². The average Bonchev–Trinajstić information content (AvgIpc) is 2.83. The second-order valence-electron chi connectivity index (χ2n) is 4.86. The molecule has 0 fully saturated rings. The van der Waals surface area contributed by atoms with E-state index in [1.54, 1.807) is 6.33 Å². The summed E-state index contributed by atoms with van der Waals surface area (Å²) in [6.07, 6.45) is 6.41. The third-order valence-corrected chi connectivity index (χ3v) is 3.51. The lowest BCUT2D eigenvalue weighted by Crippen LogP contribution is -2.29. The van der Waals surface area contributed by atoms with Crippen molar-refractivity contribution < 1.29 is 0 Å². The van der Waals surface area contributed by atoms with Crippen LogP contribution in [-0.2, 0) is 26.6 Å². The summed E-state index contributed by atoms with van der Waals surface area (Å²) in [6.45, 7) is 2.58. The van der Waals surface area contributed by atoms with Crippen LogP contribution in [0.15, 0.2) is 18.7 Å². The first-order chi connectivity index (χ1) is 9.25. The van der Waals surface area contributed by atoms with Crippen LogP contribution in [0.2, 0.25) is 0 Å². The van der Waals surface area contributed by atoms with Gasteiger partial charge in [-0.2, -0.15) is 0 Å². The zero-order chi connectivity index (χ0) is 13.2. The molecule has 1 N–H and O–H groups in total. The highest BCUT2D eigenvalue weighted by atomic mass is 15.2. The van der Waals surface area contributed by atoms with Crippen molar-refractivity contribution in [3.8, 4) is 0 Å². The molecule has 2 aromatic heterocycles. The molecule has 0 saturated carbocycles. The van der Waals surface area contributed by atoms with Gasteiger partial charge in [0.1, 0.15) is 18.0 Å². The Morgan fingerprint density at radius 3 is 3.05 bits per heavy atom. The Hall–Kier alpha value is -1.95. The van der Waals surface area contributed by atoms with Gasteiger partial charge in [0.15, 0.2) is 0 Å². The number of anilines is 1. The number of nitrogens with one attached hydrogen (secondary N) is 1. The van der Waals surface area contributed by atoms with Gasteiger partial charge in [0.05, 0.1) is 12.2 Å². The third-order valence-electron chi connectivity index (χ3n) is 3.51. The molecule has 0 unspecified atom stereocenters. The SMILES string of the molecule is CN(Cc1nccn1C)c1ncnc2c1CNCC2. The molecule has 1 aliphatic rings. The maximum atomic E-state index is 4.44. The van der Waals surface area contributed by atoms with Crippen LogP contribution in [0.25, 0.3) is 0 Å². The van der Waals surface area contributed by atoms with Crippen molar-refractivity contribution >= 4 is 5.82 Å². The van der Waals surface area contributed by atoms with Crippen LogP contribution < -0.4 is 10.2 Å². The Kier molecular flexibility index (Phi) is 3.16. The molecule has 6 nitrogen and oxygen atoms in total. The Labute approximate surface area is 112 Å². The van der Waals surface area contributed by atoms with Crippen LogP contribution in [0.3, 0.4) is 0 Å². The maximum absolute atomic E-state index is 4.44. The summed E-state index contributed by atoms with van der Waals surface area (Å²) in [4.78, 5) is 15.3. The molecule has 0 atom stereocenters. The van der Waals surface area contributed by atoms with Gasteiger partial charge in [0, 0.05) is 51.6 Å². The molecule has 0 radical (unpaired) electrons. The predicted octanol–water partition coefficient (Wildman–Crippen LogP) is 0.492. The molecular formula is C13H18N6. The molecule has 0 aromatic carbocycles.